The second kappa shape index (κ2) is 7.77. The topological polar surface area (TPSA) is 12.0 Å². The van der Waals surface area contributed by atoms with Crippen LogP contribution in [0.15, 0.2) is 30.3 Å². The Labute approximate surface area is 97.7 Å². The van der Waals surface area contributed by atoms with Crippen LogP contribution in [0.2, 0.25) is 0 Å². The number of hydrogen-bond acceptors (Lipinski definition) is 2. The van der Waals surface area contributed by atoms with Crippen LogP contribution in [0.4, 0.5) is 0 Å². The Bertz CT molecular complexity index is 248. The third-order valence-electron chi connectivity index (χ3n) is 2.40. The zero-order valence-electron chi connectivity index (χ0n) is 9.70. The fraction of sp³-hybridized carbons (Fsp3) is 0.538. The Balaban J connectivity index is 2.16. The van der Waals surface area contributed by atoms with Crippen LogP contribution in [0.3, 0.4) is 0 Å². The molecule has 0 aliphatic rings. The highest BCUT2D eigenvalue weighted by molar-refractivity contribution is 7.98. The fourth-order valence-electron chi connectivity index (χ4n) is 1.60. The smallest absolute Gasteiger partial charge is 0.00791 e. The highest BCUT2D eigenvalue weighted by Gasteiger charge is 2.01. The van der Waals surface area contributed by atoms with Crippen LogP contribution in [0, 0.1) is 0 Å². The molecular weight excluding hydrogens is 202 g/mol. The molecule has 1 aromatic carbocycles. The summed E-state index contributed by atoms with van der Waals surface area (Å²) in [6.45, 7) is 3.39. The Hall–Kier alpha value is -0.470. The van der Waals surface area contributed by atoms with Crippen LogP contribution in [0.5, 0.6) is 0 Å². The van der Waals surface area contributed by atoms with Crippen molar-refractivity contribution in [3.05, 3.63) is 35.9 Å². The zero-order chi connectivity index (χ0) is 10.9. The summed E-state index contributed by atoms with van der Waals surface area (Å²) in [5.74, 6) is 1.26. The fourth-order valence-corrected chi connectivity index (χ4v) is 2.04. The highest BCUT2D eigenvalue weighted by Crippen LogP contribution is 2.02. The van der Waals surface area contributed by atoms with Crippen LogP contribution in [0.1, 0.15) is 18.9 Å². The molecule has 0 aliphatic carbocycles. The van der Waals surface area contributed by atoms with Crippen LogP contribution in [-0.4, -0.2) is 24.6 Å². The first-order chi connectivity index (χ1) is 7.33. The molecule has 1 nitrogen and oxygen atoms in total. The van der Waals surface area contributed by atoms with E-state index in [4.69, 9.17) is 0 Å². The third kappa shape index (κ3) is 5.85. The standard InChI is InChI=1S/C13H21NS/c1-12(14-9-6-10-15-2)11-13-7-4-3-5-8-13/h3-5,7-8,12,14H,6,9-11H2,1-2H3. The Kier molecular flexibility index (Phi) is 6.53. The first-order valence-corrected chi connectivity index (χ1v) is 6.98. The molecule has 84 valence electrons. The summed E-state index contributed by atoms with van der Waals surface area (Å²) in [6.07, 6.45) is 4.55. The van der Waals surface area contributed by atoms with Gasteiger partial charge in [-0.2, -0.15) is 11.8 Å². The van der Waals surface area contributed by atoms with Gasteiger partial charge in [-0.15, -0.1) is 0 Å². The lowest BCUT2D eigenvalue weighted by atomic mass is 10.1. The van der Waals surface area contributed by atoms with Crippen molar-refractivity contribution in [3.8, 4) is 0 Å². The number of thioether (sulfide) groups is 1. The third-order valence-corrected chi connectivity index (χ3v) is 3.10. The highest BCUT2D eigenvalue weighted by atomic mass is 32.2. The van der Waals surface area contributed by atoms with Gasteiger partial charge in [-0.1, -0.05) is 30.3 Å². The molecule has 0 fully saturated rings. The molecule has 0 bridgehead atoms. The Morgan fingerprint density at radius 1 is 1.27 bits per heavy atom. The summed E-state index contributed by atoms with van der Waals surface area (Å²) in [5, 5.41) is 3.55. The molecule has 1 unspecified atom stereocenters. The summed E-state index contributed by atoms with van der Waals surface area (Å²) in [5.41, 5.74) is 1.42. The van der Waals surface area contributed by atoms with E-state index in [9.17, 15) is 0 Å². The van der Waals surface area contributed by atoms with Gasteiger partial charge >= 0.3 is 0 Å². The van der Waals surface area contributed by atoms with Crippen molar-refractivity contribution in [2.24, 2.45) is 0 Å². The number of rotatable bonds is 7. The number of hydrogen-bond donors (Lipinski definition) is 1. The first kappa shape index (κ1) is 12.6. The van der Waals surface area contributed by atoms with Gasteiger partial charge in [0.05, 0.1) is 0 Å². The molecule has 0 amide bonds. The Morgan fingerprint density at radius 3 is 2.67 bits per heavy atom. The molecule has 1 N–H and O–H groups in total. The van der Waals surface area contributed by atoms with Crippen molar-refractivity contribution in [3.63, 3.8) is 0 Å². The maximum atomic E-state index is 3.55. The van der Waals surface area contributed by atoms with Gasteiger partial charge in [0, 0.05) is 6.04 Å². The van der Waals surface area contributed by atoms with Crippen LogP contribution >= 0.6 is 11.8 Å². The van der Waals surface area contributed by atoms with E-state index in [0.29, 0.717) is 6.04 Å². The predicted octanol–water partition coefficient (Wildman–Crippen LogP) is 2.96. The molecule has 2 heteroatoms. The van der Waals surface area contributed by atoms with Crippen molar-refractivity contribution in [1.82, 2.24) is 5.32 Å². The van der Waals surface area contributed by atoms with Crippen LogP contribution < -0.4 is 5.32 Å². The van der Waals surface area contributed by atoms with E-state index in [2.05, 4.69) is 48.8 Å². The van der Waals surface area contributed by atoms with Crippen molar-refractivity contribution >= 4 is 11.8 Å². The molecule has 0 heterocycles. The van der Waals surface area contributed by atoms with Crippen molar-refractivity contribution in [2.45, 2.75) is 25.8 Å². The van der Waals surface area contributed by atoms with Crippen molar-refractivity contribution in [1.29, 1.82) is 0 Å². The SMILES string of the molecule is CSCCCNC(C)Cc1ccccc1. The van der Waals surface area contributed by atoms with Gasteiger partial charge in [0.25, 0.3) is 0 Å². The predicted molar refractivity (Wildman–Crippen MR) is 70.6 cm³/mol. The molecule has 0 aliphatic heterocycles. The van der Waals surface area contributed by atoms with E-state index >= 15 is 0 Å². The van der Waals surface area contributed by atoms with Gasteiger partial charge in [-0.05, 0) is 43.9 Å². The van der Waals surface area contributed by atoms with Gasteiger partial charge in [0.1, 0.15) is 0 Å². The minimum atomic E-state index is 0.578. The number of benzene rings is 1. The van der Waals surface area contributed by atoms with E-state index in [0.717, 1.165) is 13.0 Å². The molecule has 15 heavy (non-hydrogen) atoms. The molecule has 1 rings (SSSR count). The summed E-state index contributed by atoms with van der Waals surface area (Å²) >= 11 is 1.92. The van der Waals surface area contributed by atoms with Gasteiger partial charge in [0.2, 0.25) is 0 Å². The molecule has 0 aromatic heterocycles. The van der Waals surface area contributed by atoms with Crippen molar-refractivity contribution < 1.29 is 0 Å². The summed E-state index contributed by atoms with van der Waals surface area (Å²) in [4.78, 5) is 0. The monoisotopic (exact) mass is 223 g/mol. The lowest BCUT2D eigenvalue weighted by Gasteiger charge is -2.13. The molecule has 1 aromatic rings. The molecule has 0 saturated heterocycles. The van der Waals surface area contributed by atoms with Crippen LogP contribution in [-0.2, 0) is 6.42 Å². The molecule has 0 spiro atoms. The molecule has 1 atom stereocenters. The largest absolute Gasteiger partial charge is 0.314 e. The Morgan fingerprint density at radius 2 is 2.00 bits per heavy atom. The van der Waals surface area contributed by atoms with E-state index in [-0.39, 0.29) is 0 Å². The van der Waals surface area contributed by atoms with Gasteiger partial charge in [-0.3, -0.25) is 0 Å². The molecule has 0 saturated carbocycles. The minimum absolute atomic E-state index is 0.578. The summed E-state index contributed by atoms with van der Waals surface area (Å²) < 4.78 is 0. The first-order valence-electron chi connectivity index (χ1n) is 5.59. The summed E-state index contributed by atoms with van der Waals surface area (Å²) in [7, 11) is 0. The van der Waals surface area contributed by atoms with E-state index in [1.807, 2.05) is 11.8 Å². The average molecular weight is 223 g/mol. The maximum Gasteiger partial charge on any atom is 0.00791 e. The van der Waals surface area contributed by atoms with Gasteiger partial charge in [0.15, 0.2) is 0 Å². The molecule has 0 radical (unpaired) electrons. The maximum absolute atomic E-state index is 3.55. The van der Waals surface area contributed by atoms with Gasteiger partial charge < -0.3 is 5.32 Å². The lowest BCUT2D eigenvalue weighted by molar-refractivity contribution is 0.545. The second-order valence-corrected chi connectivity index (χ2v) is 4.88. The number of nitrogens with one attached hydrogen (secondary N) is 1. The minimum Gasteiger partial charge on any atom is -0.314 e. The quantitative estimate of drug-likeness (QED) is 0.713. The normalized spacial score (nSPS) is 12.7. The molecular formula is C13H21NS. The van der Waals surface area contributed by atoms with E-state index in [1.165, 1.54) is 17.7 Å². The van der Waals surface area contributed by atoms with E-state index in [1.54, 1.807) is 0 Å². The lowest BCUT2D eigenvalue weighted by Crippen LogP contribution is -2.29. The van der Waals surface area contributed by atoms with Crippen molar-refractivity contribution in [2.75, 3.05) is 18.6 Å². The summed E-state index contributed by atoms with van der Waals surface area (Å²) in [6, 6.07) is 11.3. The van der Waals surface area contributed by atoms with Crippen LogP contribution in [0.25, 0.3) is 0 Å². The van der Waals surface area contributed by atoms with E-state index < -0.39 is 0 Å². The second-order valence-electron chi connectivity index (χ2n) is 3.89. The van der Waals surface area contributed by atoms with Gasteiger partial charge in [-0.25, -0.2) is 0 Å². The average Bonchev–Trinajstić information content (AvgIpc) is 2.26. The zero-order valence-corrected chi connectivity index (χ0v) is 10.5.